The fraction of sp³-hybridized carbons (Fsp3) is 0.300. The molecule has 6 nitrogen and oxygen atoms in total. The minimum atomic E-state index is -0.548. The van der Waals surface area contributed by atoms with Crippen molar-refractivity contribution in [2.45, 2.75) is 13.2 Å². The van der Waals surface area contributed by atoms with E-state index >= 15 is 0 Å². The molecule has 0 amide bonds. The standard InChI is InChI=1S/C20H21NO5/c1-4-25-16(24-3)11-26-15-10-6-8-13-18(15)20(23)12-7-5-9-14(21-2)17(12)19(13)22/h5-10,16,21H,4,11H2,1-3H3. The highest BCUT2D eigenvalue weighted by molar-refractivity contribution is 6.31. The van der Waals surface area contributed by atoms with Gasteiger partial charge < -0.3 is 19.5 Å². The number of fused-ring (bicyclic) bond motifs is 2. The molecule has 1 unspecified atom stereocenters. The maximum absolute atomic E-state index is 13.1. The molecule has 0 spiro atoms. The molecule has 0 heterocycles. The monoisotopic (exact) mass is 355 g/mol. The molecule has 0 aliphatic heterocycles. The van der Waals surface area contributed by atoms with E-state index in [1.54, 1.807) is 43.4 Å². The fourth-order valence-corrected chi connectivity index (χ4v) is 3.07. The van der Waals surface area contributed by atoms with Gasteiger partial charge in [0.2, 0.25) is 0 Å². The average Bonchev–Trinajstić information content (AvgIpc) is 2.68. The molecule has 0 fully saturated rings. The maximum atomic E-state index is 13.1. The van der Waals surface area contributed by atoms with Crippen LogP contribution in [-0.4, -0.2) is 45.2 Å². The molecular formula is C20H21NO5. The van der Waals surface area contributed by atoms with E-state index in [4.69, 9.17) is 14.2 Å². The molecule has 0 bridgehead atoms. The van der Waals surface area contributed by atoms with Crippen LogP contribution >= 0.6 is 0 Å². The van der Waals surface area contributed by atoms with E-state index in [9.17, 15) is 9.59 Å². The largest absolute Gasteiger partial charge is 0.487 e. The third-order valence-electron chi connectivity index (χ3n) is 4.29. The Morgan fingerprint density at radius 3 is 2.31 bits per heavy atom. The van der Waals surface area contributed by atoms with E-state index in [0.29, 0.717) is 34.7 Å². The third kappa shape index (κ3) is 3.09. The molecule has 1 aliphatic rings. The van der Waals surface area contributed by atoms with Gasteiger partial charge in [-0.3, -0.25) is 9.59 Å². The molecule has 0 aromatic heterocycles. The van der Waals surface area contributed by atoms with Crippen molar-refractivity contribution in [1.29, 1.82) is 0 Å². The normalized spacial score (nSPS) is 13.8. The van der Waals surface area contributed by atoms with Gasteiger partial charge in [0, 0.05) is 37.6 Å². The zero-order valence-corrected chi connectivity index (χ0v) is 15.0. The number of anilines is 1. The van der Waals surface area contributed by atoms with Crippen LogP contribution < -0.4 is 10.1 Å². The number of ketones is 2. The number of carbonyl (C=O) groups excluding carboxylic acids is 2. The highest BCUT2D eigenvalue weighted by Gasteiger charge is 2.34. The Bertz CT molecular complexity index is 846. The van der Waals surface area contributed by atoms with Crippen molar-refractivity contribution in [1.82, 2.24) is 0 Å². The SMILES string of the molecule is CCOC(COc1cccc2c1C(=O)c1cccc(NC)c1C2=O)OC. The molecule has 26 heavy (non-hydrogen) atoms. The Labute approximate surface area is 152 Å². The maximum Gasteiger partial charge on any atom is 0.198 e. The van der Waals surface area contributed by atoms with Crippen LogP contribution in [0.3, 0.4) is 0 Å². The van der Waals surface area contributed by atoms with E-state index in [1.165, 1.54) is 7.11 Å². The molecule has 0 saturated carbocycles. The summed E-state index contributed by atoms with van der Waals surface area (Å²) in [5.41, 5.74) is 2.03. The topological polar surface area (TPSA) is 73.9 Å². The van der Waals surface area contributed by atoms with Gasteiger partial charge in [0.05, 0.1) is 11.1 Å². The summed E-state index contributed by atoms with van der Waals surface area (Å²) in [5.74, 6) is -0.0751. The van der Waals surface area contributed by atoms with Gasteiger partial charge in [0.15, 0.2) is 17.9 Å². The number of ether oxygens (including phenoxy) is 3. The Balaban J connectivity index is 2.00. The summed E-state index contributed by atoms with van der Waals surface area (Å²) < 4.78 is 16.3. The molecule has 1 N–H and O–H groups in total. The summed E-state index contributed by atoms with van der Waals surface area (Å²) in [6, 6.07) is 10.2. The second-order valence-electron chi connectivity index (χ2n) is 5.75. The van der Waals surface area contributed by atoms with Crippen molar-refractivity contribution in [2.24, 2.45) is 0 Å². The highest BCUT2D eigenvalue weighted by atomic mass is 16.7. The van der Waals surface area contributed by atoms with Crippen LogP contribution in [0.2, 0.25) is 0 Å². The molecule has 0 radical (unpaired) electrons. The smallest absolute Gasteiger partial charge is 0.198 e. The van der Waals surface area contributed by atoms with Crippen molar-refractivity contribution in [3.05, 3.63) is 58.7 Å². The summed E-state index contributed by atoms with van der Waals surface area (Å²) in [5, 5.41) is 2.98. The van der Waals surface area contributed by atoms with Crippen molar-refractivity contribution in [3.8, 4) is 5.75 Å². The van der Waals surface area contributed by atoms with Gasteiger partial charge in [-0.25, -0.2) is 0 Å². The Kier molecular flexibility index (Phi) is 5.35. The van der Waals surface area contributed by atoms with Crippen molar-refractivity contribution in [2.75, 3.05) is 32.7 Å². The molecule has 136 valence electrons. The van der Waals surface area contributed by atoms with Crippen molar-refractivity contribution < 1.29 is 23.8 Å². The van der Waals surface area contributed by atoms with Crippen LogP contribution in [0, 0.1) is 0 Å². The second kappa shape index (κ2) is 7.68. The lowest BCUT2D eigenvalue weighted by Gasteiger charge is -2.23. The molecule has 6 heteroatoms. The molecule has 1 aliphatic carbocycles. The van der Waals surface area contributed by atoms with E-state index in [-0.39, 0.29) is 23.7 Å². The fourth-order valence-electron chi connectivity index (χ4n) is 3.07. The number of benzene rings is 2. The number of hydrogen-bond donors (Lipinski definition) is 1. The quantitative estimate of drug-likeness (QED) is 0.657. The van der Waals surface area contributed by atoms with Gasteiger partial charge in [0.1, 0.15) is 12.4 Å². The Morgan fingerprint density at radius 1 is 1.00 bits per heavy atom. The average molecular weight is 355 g/mol. The van der Waals surface area contributed by atoms with Gasteiger partial charge >= 0.3 is 0 Å². The zero-order valence-electron chi connectivity index (χ0n) is 15.0. The number of hydrogen-bond acceptors (Lipinski definition) is 6. The lowest BCUT2D eigenvalue weighted by atomic mass is 9.82. The lowest BCUT2D eigenvalue weighted by molar-refractivity contribution is -0.137. The van der Waals surface area contributed by atoms with Crippen molar-refractivity contribution >= 4 is 17.3 Å². The predicted octanol–water partition coefficient (Wildman–Crippen LogP) is 2.89. The van der Waals surface area contributed by atoms with Crippen LogP contribution in [0.15, 0.2) is 36.4 Å². The van der Waals surface area contributed by atoms with Gasteiger partial charge in [-0.05, 0) is 19.1 Å². The molecule has 0 saturated heterocycles. The Hall–Kier alpha value is -2.70. The highest BCUT2D eigenvalue weighted by Crippen LogP contribution is 2.36. The summed E-state index contributed by atoms with van der Waals surface area (Å²) in [6.07, 6.45) is -0.548. The van der Waals surface area contributed by atoms with Crippen LogP contribution in [0.1, 0.15) is 38.8 Å². The number of nitrogens with one attached hydrogen (secondary N) is 1. The first kappa shape index (κ1) is 18.1. The molecule has 1 atom stereocenters. The first-order valence-electron chi connectivity index (χ1n) is 8.42. The number of carbonyl (C=O) groups is 2. The zero-order chi connectivity index (χ0) is 18.7. The van der Waals surface area contributed by atoms with Crippen LogP contribution in [0.25, 0.3) is 0 Å². The van der Waals surface area contributed by atoms with Gasteiger partial charge in [-0.1, -0.05) is 24.3 Å². The summed E-state index contributed by atoms with van der Waals surface area (Å²) in [4.78, 5) is 26.0. The van der Waals surface area contributed by atoms with E-state index < -0.39 is 6.29 Å². The molecular weight excluding hydrogens is 334 g/mol. The summed E-state index contributed by atoms with van der Waals surface area (Å²) >= 11 is 0. The van der Waals surface area contributed by atoms with E-state index in [0.717, 1.165) is 0 Å². The lowest BCUT2D eigenvalue weighted by Crippen LogP contribution is -2.26. The van der Waals surface area contributed by atoms with E-state index in [2.05, 4.69) is 5.32 Å². The Morgan fingerprint density at radius 2 is 1.65 bits per heavy atom. The number of methoxy groups -OCH3 is 1. The minimum absolute atomic E-state index is 0.117. The molecule has 3 rings (SSSR count). The first-order valence-corrected chi connectivity index (χ1v) is 8.42. The minimum Gasteiger partial charge on any atom is -0.487 e. The predicted molar refractivity (Wildman–Crippen MR) is 97.2 cm³/mol. The summed E-state index contributed by atoms with van der Waals surface area (Å²) in [6.45, 7) is 2.45. The first-order chi connectivity index (χ1) is 12.6. The molecule has 2 aromatic rings. The third-order valence-corrected chi connectivity index (χ3v) is 4.29. The second-order valence-corrected chi connectivity index (χ2v) is 5.75. The van der Waals surface area contributed by atoms with Crippen molar-refractivity contribution in [3.63, 3.8) is 0 Å². The molecule has 2 aromatic carbocycles. The van der Waals surface area contributed by atoms with E-state index in [1.807, 2.05) is 6.92 Å². The van der Waals surface area contributed by atoms with Crippen LogP contribution in [0.4, 0.5) is 5.69 Å². The van der Waals surface area contributed by atoms with Crippen LogP contribution in [-0.2, 0) is 9.47 Å². The van der Waals surface area contributed by atoms with Gasteiger partial charge in [0.25, 0.3) is 0 Å². The summed E-state index contributed by atoms with van der Waals surface area (Å²) in [7, 11) is 3.25. The van der Waals surface area contributed by atoms with Gasteiger partial charge in [-0.15, -0.1) is 0 Å². The van der Waals surface area contributed by atoms with Crippen LogP contribution in [0.5, 0.6) is 5.75 Å². The van der Waals surface area contributed by atoms with Gasteiger partial charge in [-0.2, -0.15) is 0 Å². The number of rotatable bonds is 7.